The first kappa shape index (κ1) is 15.5. The van der Waals surface area contributed by atoms with E-state index in [1.165, 1.54) is 17.4 Å². The maximum absolute atomic E-state index is 12.1. The largest absolute Gasteiger partial charge is 0.485 e. The number of carbonyl (C=O) groups is 1. The van der Waals surface area contributed by atoms with Crippen LogP contribution in [0.15, 0.2) is 44.9 Å². The van der Waals surface area contributed by atoms with Gasteiger partial charge in [0.2, 0.25) is 5.78 Å². The van der Waals surface area contributed by atoms with Gasteiger partial charge in [0, 0.05) is 11.5 Å². The first-order chi connectivity index (χ1) is 11.1. The van der Waals surface area contributed by atoms with Crippen LogP contribution in [-0.4, -0.2) is 12.4 Å². The monoisotopic (exact) mass is 328 g/mol. The second-order valence-corrected chi connectivity index (χ2v) is 6.19. The highest BCUT2D eigenvalue weighted by molar-refractivity contribution is 7.12. The molecule has 0 unspecified atom stereocenters. The third-order valence-corrected chi connectivity index (χ3v) is 4.58. The predicted octanol–water partition coefficient (Wildman–Crippen LogP) is 3.99. The van der Waals surface area contributed by atoms with E-state index in [1.54, 1.807) is 6.07 Å². The quantitative estimate of drug-likeness (QED) is 0.525. The van der Waals surface area contributed by atoms with Crippen molar-refractivity contribution < 1.29 is 13.9 Å². The summed E-state index contributed by atoms with van der Waals surface area (Å²) in [5.41, 5.74) is 1.92. The second kappa shape index (κ2) is 6.38. The molecule has 118 valence electrons. The van der Waals surface area contributed by atoms with E-state index in [0.717, 1.165) is 22.9 Å². The van der Waals surface area contributed by atoms with Crippen molar-refractivity contribution in [2.75, 3.05) is 6.61 Å². The van der Waals surface area contributed by atoms with E-state index in [0.29, 0.717) is 16.2 Å². The molecule has 0 aliphatic heterocycles. The minimum Gasteiger partial charge on any atom is -0.485 e. The lowest BCUT2D eigenvalue weighted by Crippen LogP contribution is -2.11. The highest BCUT2D eigenvalue weighted by Crippen LogP contribution is 2.28. The first-order valence-corrected chi connectivity index (χ1v) is 8.23. The molecule has 0 N–H and O–H groups in total. The first-order valence-electron chi connectivity index (χ1n) is 7.35. The van der Waals surface area contributed by atoms with E-state index < -0.39 is 0 Å². The molecule has 23 heavy (non-hydrogen) atoms. The van der Waals surface area contributed by atoms with Crippen LogP contribution >= 0.6 is 11.3 Å². The standard InChI is InChI=1S/C18H16O4S/c1-3-12-8-16-13(11(2)7-18(20)22-16)9-15(12)21-10-14(19)17-5-4-6-23-17/h4-9H,3,10H2,1-2H3. The van der Waals surface area contributed by atoms with Gasteiger partial charge >= 0.3 is 5.63 Å². The summed E-state index contributed by atoms with van der Waals surface area (Å²) >= 11 is 1.40. The Morgan fingerprint density at radius 2 is 2.13 bits per heavy atom. The minimum atomic E-state index is -0.362. The molecule has 0 atom stereocenters. The number of carbonyl (C=O) groups excluding carboxylic acids is 1. The summed E-state index contributed by atoms with van der Waals surface area (Å²) in [5.74, 6) is 0.611. The van der Waals surface area contributed by atoms with Gasteiger partial charge in [-0.1, -0.05) is 13.0 Å². The smallest absolute Gasteiger partial charge is 0.336 e. The molecule has 2 heterocycles. The number of benzene rings is 1. The van der Waals surface area contributed by atoms with Crippen molar-refractivity contribution >= 4 is 28.1 Å². The Bertz CT molecular complexity index is 907. The van der Waals surface area contributed by atoms with E-state index in [1.807, 2.05) is 37.4 Å². The van der Waals surface area contributed by atoms with Crippen molar-refractivity contribution in [3.8, 4) is 5.75 Å². The molecule has 5 heteroatoms. The second-order valence-electron chi connectivity index (χ2n) is 5.25. The number of hydrogen-bond donors (Lipinski definition) is 0. The van der Waals surface area contributed by atoms with E-state index >= 15 is 0 Å². The van der Waals surface area contributed by atoms with Gasteiger partial charge in [0.05, 0.1) is 4.88 Å². The number of Topliss-reactive ketones (excluding diaryl/α,β-unsaturated/α-hetero) is 1. The molecule has 0 bridgehead atoms. The fraction of sp³-hybridized carbons (Fsp3) is 0.222. The third kappa shape index (κ3) is 3.19. The molecule has 0 amide bonds. The maximum atomic E-state index is 12.1. The Kier molecular flexibility index (Phi) is 4.30. The summed E-state index contributed by atoms with van der Waals surface area (Å²) in [7, 11) is 0. The molecular formula is C18H16O4S. The Morgan fingerprint density at radius 3 is 2.83 bits per heavy atom. The van der Waals surface area contributed by atoms with Gasteiger partial charge in [0.15, 0.2) is 6.61 Å². The Hall–Kier alpha value is -2.40. The fourth-order valence-corrected chi connectivity index (χ4v) is 3.10. The van der Waals surface area contributed by atoms with Crippen LogP contribution in [0.4, 0.5) is 0 Å². The van der Waals surface area contributed by atoms with Gasteiger partial charge in [-0.05, 0) is 48.1 Å². The zero-order chi connectivity index (χ0) is 16.4. The number of aryl methyl sites for hydroxylation is 2. The topological polar surface area (TPSA) is 56.5 Å². The Morgan fingerprint density at radius 1 is 1.30 bits per heavy atom. The normalized spacial score (nSPS) is 10.9. The summed E-state index contributed by atoms with van der Waals surface area (Å²) in [6.07, 6.45) is 0.718. The molecular weight excluding hydrogens is 312 g/mol. The third-order valence-electron chi connectivity index (χ3n) is 3.67. The highest BCUT2D eigenvalue weighted by Gasteiger charge is 2.12. The molecule has 3 aromatic rings. The van der Waals surface area contributed by atoms with Crippen LogP contribution in [0.25, 0.3) is 11.0 Å². The van der Waals surface area contributed by atoms with Gasteiger partial charge in [-0.15, -0.1) is 11.3 Å². The SMILES string of the molecule is CCc1cc2oc(=O)cc(C)c2cc1OCC(=O)c1cccs1. The Balaban J connectivity index is 1.93. The number of ether oxygens (including phenoxy) is 1. The average molecular weight is 328 g/mol. The van der Waals surface area contributed by atoms with Crippen LogP contribution < -0.4 is 10.4 Å². The lowest BCUT2D eigenvalue weighted by molar-refractivity contribution is 0.0925. The average Bonchev–Trinajstić information content (AvgIpc) is 3.06. The number of hydrogen-bond acceptors (Lipinski definition) is 5. The van der Waals surface area contributed by atoms with Crippen molar-refractivity contribution in [3.63, 3.8) is 0 Å². The molecule has 0 spiro atoms. The van der Waals surface area contributed by atoms with Crippen LogP contribution in [-0.2, 0) is 6.42 Å². The lowest BCUT2D eigenvalue weighted by atomic mass is 10.1. The molecule has 0 aliphatic carbocycles. The molecule has 0 saturated heterocycles. The number of thiophene rings is 1. The van der Waals surface area contributed by atoms with Crippen LogP contribution in [0.3, 0.4) is 0 Å². The summed E-state index contributed by atoms with van der Waals surface area (Å²) in [6.45, 7) is 3.84. The van der Waals surface area contributed by atoms with Crippen LogP contribution in [0.5, 0.6) is 5.75 Å². The van der Waals surface area contributed by atoms with Crippen LogP contribution in [0.2, 0.25) is 0 Å². The molecule has 1 aromatic carbocycles. The number of rotatable bonds is 5. The van der Waals surface area contributed by atoms with Gasteiger partial charge in [-0.25, -0.2) is 4.79 Å². The van der Waals surface area contributed by atoms with Gasteiger partial charge in [0.1, 0.15) is 11.3 Å². The van der Waals surface area contributed by atoms with Gasteiger partial charge in [-0.2, -0.15) is 0 Å². The van der Waals surface area contributed by atoms with E-state index in [4.69, 9.17) is 9.15 Å². The van der Waals surface area contributed by atoms with Crippen molar-refractivity contribution in [1.82, 2.24) is 0 Å². The van der Waals surface area contributed by atoms with Crippen molar-refractivity contribution in [3.05, 3.63) is 62.1 Å². The van der Waals surface area contributed by atoms with E-state index in [-0.39, 0.29) is 18.0 Å². The summed E-state index contributed by atoms with van der Waals surface area (Å²) in [5, 5.41) is 2.69. The van der Waals surface area contributed by atoms with Crippen LogP contribution in [0.1, 0.15) is 27.7 Å². The maximum Gasteiger partial charge on any atom is 0.336 e. The van der Waals surface area contributed by atoms with Crippen molar-refractivity contribution in [2.45, 2.75) is 20.3 Å². The zero-order valence-corrected chi connectivity index (χ0v) is 13.7. The van der Waals surface area contributed by atoms with Crippen LogP contribution in [0, 0.1) is 6.92 Å². The molecule has 0 saturated carbocycles. The molecule has 2 aromatic heterocycles. The number of fused-ring (bicyclic) bond motifs is 1. The summed E-state index contributed by atoms with van der Waals surface area (Å²) in [6, 6.07) is 8.74. The number of ketones is 1. The molecule has 3 rings (SSSR count). The molecule has 4 nitrogen and oxygen atoms in total. The minimum absolute atomic E-state index is 0.00511. The molecule has 0 radical (unpaired) electrons. The summed E-state index contributed by atoms with van der Waals surface area (Å²) in [4.78, 5) is 24.3. The predicted molar refractivity (Wildman–Crippen MR) is 90.7 cm³/mol. The van der Waals surface area contributed by atoms with Crippen molar-refractivity contribution in [1.29, 1.82) is 0 Å². The highest BCUT2D eigenvalue weighted by atomic mass is 32.1. The van der Waals surface area contributed by atoms with Crippen molar-refractivity contribution in [2.24, 2.45) is 0 Å². The summed E-state index contributed by atoms with van der Waals surface area (Å²) < 4.78 is 11.0. The lowest BCUT2D eigenvalue weighted by Gasteiger charge is -2.11. The zero-order valence-electron chi connectivity index (χ0n) is 12.9. The Labute approximate surface area is 137 Å². The van der Waals surface area contributed by atoms with E-state index in [2.05, 4.69) is 0 Å². The molecule has 0 aliphatic rings. The van der Waals surface area contributed by atoms with Gasteiger partial charge in [0.25, 0.3) is 0 Å². The van der Waals surface area contributed by atoms with Gasteiger partial charge in [-0.3, -0.25) is 4.79 Å². The molecule has 0 fully saturated rings. The van der Waals surface area contributed by atoms with Gasteiger partial charge < -0.3 is 9.15 Å². The fourth-order valence-electron chi connectivity index (χ4n) is 2.45. The van der Waals surface area contributed by atoms with E-state index in [9.17, 15) is 9.59 Å².